The maximum atomic E-state index is 12.9. The van der Waals surface area contributed by atoms with E-state index < -0.39 is 46.5 Å². The smallest absolute Gasteiger partial charge is 0.331 e. The van der Waals surface area contributed by atoms with Gasteiger partial charge < -0.3 is 4.90 Å². The number of alkyl halides is 6. The van der Waals surface area contributed by atoms with E-state index in [0.29, 0.717) is 12.1 Å². The largest absolute Gasteiger partial charge is 0.416 e. The standard InChI is InChI=1S/C16H19F6NO/c1-9(2)23(14(3,4)5)13(24)10-6-11(15(17,18)19)8-12(7-10)16(20,21)22/h6-9H,1-5H3. The number of rotatable bonds is 2. The third-order valence-electron chi connectivity index (χ3n) is 3.29. The van der Waals surface area contributed by atoms with E-state index in [9.17, 15) is 31.1 Å². The summed E-state index contributed by atoms with van der Waals surface area (Å²) in [5.41, 5.74) is -4.41. The number of hydrogen-bond donors (Lipinski definition) is 0. The third-order valence-corrected chi connectivity index (χ3v) is 3.29. The fourth-order valence-electron chi connectivity index (χ4n) is 2.53. The second-order valence-electron chi connectivity index (χ2n) is 6.73. The predicted octanol–water partition coefficient (Wildman–Crippen LogP) is 5.37. The molecule has 0 bridgehead atoms. The van der Waals surface area contributed by atoms with Gasteiger partial charge in [-0.3, -0.25) is 4.79 Å². The molecule has 0 unspecified atom stereocenters. The van der Waals surface area contributed by atoms with Gasteiger partial charge >= 0.3 is 12.4 Å². The summed E-state index contributed by atoms with van der Waals surface area (Å²) in [6, 6.07) is 0.520. The molecule has 8 heteroatoms. The van der Waals surface area contributed by atoms with Crippen molar-refractivity contribution in [3.05, 3.63) is 34.9 Å². The molecule has 136 valence electrons. The van der Waals surface area contributed by atoms with Crippen molar-refractivity contribution in [2.75, 3.05) is 0 Å². The molecule has 0 atom stereocenters. The highest BCUT2D eigenvalue weighted by Gasteiger charge is 2.39. The van der Waals surface area contributed by atoms with Gasteiger partial charge in [-0.15, -0.1) is 0 Å². The summed E-state index contributed by atoms with van der Waals surface area (Å²) < 4.78 is 77.4. The van der Waals surface area contributed by atoms with Crippen LogP contribution >= 0.6 is 0 Å². The number of halogens is 6. The zero-order valence-electron chi connectivity index (χ0n) is 13.9. The fraction of sp³-hybridized carbons (Fsp3) is 0.562. The molecular weight excluding hydrogens is 336 g/mol. The second-order valence-corrected chi connectivity index (χ2v) is 6.73. The van der Waals surface area contributed by atoms with Crippen molar-refractivity contribution in [3.8, 4) is 0 Å². The van der Waals surface area contributed by atoms with Crippen molar-refractivity contribution in [2.24, 2.45) is 0 Å². The van der Waals surface area contributed by atoms with E-state index in [4.69, 9.17) is 0 Å². The summed E-state index contributed by atoms with van der Waals surface area (Å²) in [5.74, 6) is -0.880. The molecule has 0 aliphatic carbocycles. The molecule has 0 aliphatic heterocycles. The highest BCUT2D eigenvalue weighted by Crippen LogP contribution is 2.37. The summed E-state index contributed by atoms with van der Waals surface area (Å²) in [6.07, 6.45) is -9.97. The summed E-state index contributed by atoms with van der Waals surface area (Å²) in [4.78, 5) is 13.8. The molecule has 1 aromatic rings. The maximum absolute atomic E-state index is 12.9. The molecule has 1 amide bonds. The Morgan fingerprint density at radius 1 is 0.875 bits per heavy atom. The van der Waals surface area contributed by atoms with Crippen molar-refractivity contribution >= 4 is 5.91 Å². The van der Waals surface area contributed by atoms with Crippen LogP contribution in [0, 0.1) is 0 Å². The Kier molecular flexibility index (Phi) is 5.33. The minimum Gasteiger partial charge on any atom is -0.331 e. The van der Waals surface area contributed by atoms with E-state index in [1.165, 1.54) is 4.90 Å². The number of hydrogen-bond acceptors (Lipinski definition) is 1. The number of amides is 1. The van der Waals surface area contributed by atoms with Crippen LogP contribution in [0.3, 0.4) is 0 Å². The summed E-state index contributed by atoms with van der Waals surface area (Å²) in [7, 11) is 0. The van der Waals surface area contributed by atoms with E-state index in [-0.39, 0.29) is 6.07 Å². The van der Waals surface area contributed by atoms with Gasteiger partial charge in [0.05, 0.1) is 11.1 Å². The first-order valence-corrected chi connectivity index (χ1v) is 7.18. The van der Waals surface area contributed by atoms with E-state index >= 15 is 0 Å². The topological polar surface area (TPSA) is 20.3 Å². The quantitative estimate of drug-likeness (QED) is 0.653. The molecule has 1 rings (SSSR count). The number of carbonyl (C=O) groups is 1. The van der Waals surface area contributed by atoms with Gasteiger partial charge in [0, 0.05) is 17.1 Å². The minimum absolute atomic E-state index is 0.00752. The van der Waals surface area contributed by atoms with Crippen LogP contribution in [-0.2, 0) is 12.4 Å². The lowest BCUT2D eigenvalue weighted by molar-refractivity contribution is -0.143. The van der Waals surface area contributed by atoms with E-state index in [0.717, 1.165) is 0 Å². The second kappa shape index (κ2) is 6.29. The van der Waals surface area contributed by atoms with Crippen molar-refractivity contribution < 1.29 is 31.1 Å². The van der Waals surface area contributed by atoms with Crippen LogP contribution in [0.2, 0.25) is 0 Å². The average molecular weight is 355 g/mol. The lowest BCUT2D eigenvalue weighted by Gasteiger charge is -2.39. The third kappa shape index (κ3) is 4.64. The molecule has 0 saturated heterocycles. The first kappa shape index (κ1) is 20.3. The van der Waals surface area contributed by atoms with Crippen LogP contribution in [0.4, 0.5) is 26.3 Å². The lowest BCUT2D eigenvalue weighted by Crippen LogP contribution is -2.49. The Balaban J connectivity index is 3.55. The molecule has 0 saturated carbocycles. The summed E-state index contributed by atoms with van der Waals surface area (Å²) in [6.45, 7) is 8.25. The van der Waals surface area contributed by atoms with Crippen LogP contribution in [-0.4, -0.2) is 22.4 Å². The van der Waals surface area contributed by atoms with Gasteiger partial charge in [0.2, 0.25) is 0 Å². The molecule has 0 spiro atoms. The molecule has 24 heavy (non-hydrogen) atoms. The molecular formula is C16H19F6NO. The van der Waals surface area contributed by atoms with Gasteiger partial charge in [-0.2, -0.15) is 26.3 Å². The normalized spacial score (nSPS) is 13.3. The van der Waals surface area contributed by atoms with E-state index in [1.807, 2.05) is 0 Å². The zero-order valence-corrected chi connectivity index (χ0v) is 13.9. The molecule has 2 nitrogen and oxygen atoms in total. The molecule has 0 heterocycles. The first-order valence-electron chi connectivity index (χ1n) is 7.18. The van der Waals surface area contributed by atoms with Gasteiger partial charge in [0.25, 0.3) is 5.91 Å². The van der Waals surface area contributed by atoms with Crippen molar-refractivity contribution in [1.29, 1.82) is 0 Å². The Morgan fingerprint density at radius 2 is 1.25 bits per heavy atom. The van der Waals surface area contributed by atoms with Crippen LogP contribution in [0.5, 0.6) is 0 Å². The van der Waals surface area contributed by atoms with Crippen molar-refractivity contribution in [3.63, 3.8) is 0 Å². The molecule has 0 fully saturated rings. The van der Waals surface area contributed by atoms with Gasteiger partial charge in [0.15, 0.2) is 0 Å². The highest BCUT2D eigenvalue weighted by molar-refractivity contribution is 5.95. The summed E-state index contributed by atoms with van der Waals surface area (Å²) >= 11 is 0. The number of nitrogens with zero attached hydrogens (tertiary/aromatic N) is 1. The molecule has 0 aliphatic rings. The predicted molar refractivity (Wildman–Crippen MR) is 77.5 cm³/mol. The lowest BCUT2D eigenvalue weighted by atomic mass is 9.99. The Bertz CT molecular complexity index is 578. The first-order chi connectivity index (χ1) is 10.5. The van der Waals surface area contributed by atoms with Crippen molar-refractivity contribution in [1.82, 2.24) is 4.90 Å². The Hall–Kier alpha value is -1.73. The molecule has 0 N–H and O–H groups in total. The number of carbonyl (C=O) groups excluding carboxylic acids is 1. The SMILES string of the molecule is CC(C)N(C(=O)c1cc(C(F)(F)F)cc(C(F)(F)F)c1)C(C)(C)C. The van der Waals surface area contributed by atoms with Crippen LogP contribution in [0.1, 0.15) is 56.1 Å². The van der Waals surface area contributed by atoms with E-state index in [1.54, 1.807) is 34.6 Å². The van der Waals surface area contributed by atoms with Crippen LogP contribution in [0.25, 0.3) is 0 Å². The monoisotopic (exact) mass is 355 g/mol. The number of benzene rings is 1. The zero-order chi connectivity index (χ0) is 19.1. The van der Waals surface area contributed by atoms with Crippen molar-refractivity contribution in [2.45, 2.75) is 58.6 Å². The fourth-order valence-corrected chi connectivity index (χ4v) is 2.53. The van der Waals surface area contributed by atoms with Gasteiger partial charge in [-0.25, -0.2) is 0 Å². The highest BCUT2D eigenvalue weighted by atomic mass is 19.4. The van der Waals surface area contributed by atoms with Gasteiger partial charge in [-0.1, -0.05) is 0 Å². The molecule has 0 radical (unpaired) electrons. The average Bonchev–Trinajstić information content (AvgIpc) is 2.33. The maximum Gasteiger partial charge on any atom is 0.416 e. The van der Waals surface area contributed by atoms with Gasteiger partial charge in [0.1, 0.15) is 0 Å². The van der Waals surface area contributed by atoms with Crippen LogP contribution in [0.15, 0.2) is 18.2 Å². The summed E-state index contributed by atoms with van der Waals surface area (Å²) in [5, 5.41) is 0. The molecule has 0 aromatic heterocycles. The molecule has 1 aromatic carbocycles. The Morgan fingerprint density at radius 3 is 1.50 bits per heavy atom. The Labute approximate surface area is 136 Å². The van der Waals surface area contributed by atoms with Gasteiger partial charge in [-0.05, 0) is 52.8 Å². The minimum atomic E-state index is -4.99. The van der Waals surface area contributed by atoms with E-state index in [2.05, 4.69) is 0 Å². The van der Waals surface area contributed by atoms with Crippen LogP contribution < -0.4 is 0 Å².